The topological polar surface area (TPSA) is 76.8 Å². The van der Waals surface area contributed by atoms with Crippen LogP contribution in [0.1, 0.15) is 13.8 Å². The first-order valence-electron chi connectivity index (χ1n) is 6.08. The third kappa shape index (κ3) is 5.86. The van der Waals surface area contributed by atoms with Crippen molar-refractivity contribution in [2.45, 2.75) is 26.0 Å². The van der Waals surface area contributed by atoms with E-state index in [0.29, 0.717) is 19.2 Å². The lowest BCUT2D eigenvalue weighted by Gasteiger charge is -2.35. The van der Waals surface area contributed by atoms with Gasteiger partial charge >= 0.3 is 6.09 Å². The fourth-order valence-electron chi connectivity index (χ4n) is 1.82. The maximum Gasteiger partial charge on any atom is 0.404 e. The van der Waals surface area contributed by atoms with E-state index in [1.807, 2.05) is 0 Å². The van der Waals surface area contributed by atoms with Gasteiger partial charge < -0.3 is 20.5 Å². The van der Waals surface area contributed by atoms with Crippen LogP contribution in [0.2, 0.25) is 0 Å². The molecule has 1 aliphatic heterocycles. The zero-order valence-electron chi connectivity index (χ0n) is 10.6. The Balaban J connectivity index is 2.08. The minimum atomic E-state index is -0.730. The number of nitrogens with one attached hydrogen (secondary N) is 1. The SMILES string of the molecule is CC(C)N1CCOC(CNCCOC(N)=O)C1. The summed E-state index contributed by atoms with van der Waals surface area (Å²) in [7, 11) is 0. The minimum Gasteiger partial charge on any atom is -0.448 e. The van der Waals surface area contributed by atoms with Gasteiger partial charge in [0.15, 0.2) is 0 Å². The number of nitrogens with two attached hydrogens (primary N) is 1. The monoisotopic (exact) mass is 245 g/mol. The Hall–Kier alpha value is -0.850. The molecule has 0 aromatic heterocycles. The maximum atomic E-state index is 10.3. The Morgan fingerprint density at radius 2 is 2.41 bits per heavy atom. The molecule has 1 fully saturated rings. The van der Waals surface area contributed by atoms with Gasteiger partial charge in [-0.05, 0) is 13.8 Å². The second-order valence-electron chi connectivity index (χ2n) is 4.45. The molecule has 6 nitrogen and oxygen atoms in total. The van der Waals surface area contributed by atoms with Gasteiger partial charge in [-0.3, -0.25) is 4.90 Å². The van der Waals surface area contributed by atoms with Crippen molar-refractivity contribution in [2.24, 2.45) is 5.73 Å². The number of morpholine rings is 1. The third-order valence-corrected chi connectivity index (χ3v) is 2.80. The second-order valence-corrected chi connectivity index (χ2v) is 4.45. The fourth-order valence-corrected chi connectivity index (χ4v) is 1.82. The van der Waals surface area contributed by atoms with Crippen LogP contribution in [0.5, 0.6) is 0 Å². The highest BCUT2D eigenvalue weighted by Gasteiger charge is 2.21. The number of carbonyl (C=O) groups is 1. The van der Waals surface area contributed by atoms with Gasteiger partial charge in [-0.2, -0.15) is 0 Å². The molecule has 6 heteroatoms. The van der Waals surface area contributed by atoms with Crippen LogP contribution in [0.15, 0.2) is 0 Å². The molecule has 0 spiro atoms. The van der Waals surface area contributed by atoms with Crippen LogP contribution in [-0.4, -0.2) is 62.5 Å². The second kappa shape index (κ2) is 7.47. The number of rotatable bonds is 6. The Morgan fingerprint density at radius 3 is 3.06 bits per heavy atom. The van der Waals surface area contributed by atoms with E-state index in [2.05, 4.69) is 28.8 Å². The Labute approximate surface area is 102 Å². The van der Waals surface area contributed by atoms with Gasteiger partial charge in [0, 0.05) is 32.2 Å². The van der Waals surface area contributed by atoms with Gasteiger partial charge in [0.05, 0.1) is 12.7 Å². The molecule has 100 valence electrons. The fraction of sp³-hybridized carbons (Fsp3) is 0.909. The summed E-state index contributed by atoms with van der Waals surface area (Å²) in [6.45, 7) is 8.78. The van der Waals surface area contributed by atoms with Crippen molar-refractivity contribution in [3.05, 3.63) is 0 Å². The molecule has 1 atom stereocenters. The number of nitrogens with zero attached hydrogens (tertiary/aromatic N) is 1. The van der Waals surface area contributed by atoms with Crippen LogP contribution in [0, 0.1) is 0 Å². The van der Waals surface area contributed by atoms with Crippen LogP contribution in [0.25, 0.3) is 0 Å². The lowest BCUT2D eigenvalue weighted by molar-refractivity contribution is -0.0373. The highest BCUT2D eigenvalue weighted by Crippen LogP contribution is 2.07. The quantitative estimate of drug-likeness (QED) is 0.633. The smallest absolute Gasteiger partial charge is 0.404 e. The molecular formula is C11H23N3O3. The van der Waals surface area contributed by atoms with Gasteiger partial charge in [0.1, 0.15) is 6.61 Å². The third-order valence-electron chi connectivity index (χ3n) is 2.80. The van der Waals surface area contributed by atoms with E-state index in [-0.39, 0.29) is 6.10 Å². The van der Waals surface area contributed by atoms with Crippen LogP contribution in [0.4, 0.5) is 4.79 Å². The highest BCUT2D eigenvalue weighted by atomic mass is 16.5. The van der Waals surface area contributed by atoms with Gasteiger partial charge in [-0.1, -0.05) is 0 Å². The number of carbonyl (C=O) groups excluding carboxylic acids is 1. The molecular weight excluding hydrogens is 222 g/mol. The molecule has 1 saturated heterocycles. The molecule has 0 aromatic carbocycles. The Morgan fingerprint density at radius 1 is 1.65 bits per heavy atom. The number of ether oxygens (including phenoxy) is 2. The molecule has 1 aliphatic rings. The lowest BCUT2D eigenvalue weighted by atomic mass is 10.2. The average molecular weight is 245 g/mol. The summed E-state index contributed by atoms with van der Waals surface area (Å²) in [5.74, 6) is 0. The van der Waals surface area contributed by atoms with Crippen LogP contribution < -0.4 is 11.1 Å². The molecule has 1 rings (SSSR count). The zero-order valence-corrected chi connectivity index (χ0v) is 10.6. The molecule has 1 heterocycles. The first kappa shape index (κ1) is 14.2. The number of primary amides is 1. The first-order valence-corrected chi connectivity index (χ1v) is 6.08. The van der Waals surface area contributed by atoms with Crippen LogP contribution >= 0.6 is 0 Å². The van der Waals surface area contributed by atoms with Gasteiger partial charge in [0.25, 0.3) is 0 Å². The zero-order chi connectivity index (χ0) is 12.7. The summed E-state index contributed by atoms with van der Waals surface area (Å²) in [6.07, 6.45) is -0.522. The number of hydrogen-bond acceptors (Lipinski definition) is 5. The maximum absolute atomic E-state index is 10.3. The molecule has 1 amide bonds. The normalized spacial score (nSPS) is 21.7. The van der Waals surface area contributed by atoms with E-state index in [4.69, 9.17) is 10.5 Å². The summed E-state index contributed by atoms with van der Waals surface area (Å²) in [5.41, 5.74) is 4.85. The predicted molar refractivity (Wildman–Crippen MR) is 64.9 cm³/mol. The summed E-state index contributed by atoms with van der Waals surface area (Å²) in [4.78, 5) is 12.7. The van der Waals surface area contributed by atoms with Crippen molar-refractivity contribution in [2.75, 3.05) is 39.4 Å². The van der Waals surface area contributed by atoms with Crippen molar-refractivity contribution in [1.29, 1.82) is 0 Å². The molecule has 0 saturated carbocycles. The molecule has 1 unspecified atom stereocenters. The Kier molecular flexibility index (Phi) is 6.25. The van der Waals surface area contributed by atoms with Crippen molar-refractivity contribution in [1.82, 2.24) is 10.2 Å². The van der Waals surface area contributed by atoms with E-state index in [9.17, 15) is 4.79 Å². The van der Waals surface area contributed by atoms with Crippen LogP contribution in [0.3, 0.4) is 0 Å². The summed E-state index contributed by atoms with van der Waals surface area (Å²) in [6, 6.07) is 0.555. The van der Waals surface area contributed by atoms with Gasteiger partial charge in [0.2, 0.25) is 0 Å². The molecule has 0 bridgehead atoms. The van der Waals surface area contributed by atoms with Crippen molar-refractivity contribution in [3.63, 3.8) is 0 Å². The molecule has 0 aliphatic carbocycles. The lowest BCUT2D eigenvalue weighted by Crippen LogP contribution is -2.49. The molecule has 0 radical (unpaired) electrons. The molecule has 3 N–H and O–H groups in total. The summed E-state index contributed by atoms with van der Waals surface area (Å²) >= 11 is 0. The largest absolute Gasteiger partial charge is 0.448 e. The van der Waals surface area contributed by atoms with Gasteiger partial charge in [-0.25, -0.2) is 4.79 Å². The van der Waals surface area contributed by atoms with E-state index in [1.165, 1.54) is 0 Å². The Bertz CT molecular complexity index is 236. The average Bonchev–Trinajstić information content (AvgIpc) is 2.28. The summed E-state index contributed by atoms with van der Waals surface area (Å²) < 4.78 is 10.3. The molecule has 0 aromatic rings. The van der Waals surface area contributed by atoms with Crippen LogP contribution in [-0.2, 0) is 9.47 Å². The molecule has 17 heavy (non-hydrogen) atoms. The number of amides is 1. The van der Waals surface area contributed by atoms with E-state index in [0.717, 1.165) is 26.2 Å². The van der Waals surface area contributed by atoms with E-state index < -0.39 is 6.09 Å². The predicted octanol–water partition coefficient (Wildman–Crippen LogP) is -0.219. The van der Waals surface area contributed by atoms with E-state index >= 15 is 0 Å². The first-order chi connectivity index (χ1) is 8.09. The number of hydrogen-bond donors (Lipinski definition) is 2. The van der Waals surface area contributed by atoms with Crippen molar-refractivity contribution >= 4 is 6.09 Å². The standard InChI is InChI=1S/C11H23N3O3/c1-9(2)14-4-6-16-10(8-14)7-13-3-5-17-11(12)15/h9-10,13H,3-8H2,1-2H3,(H2,12,15). The van der Waals surface area contributed by atoms with E-state index in [1.54, 1.807) is 0 Å². The minimum absolute atomic E-state index is 0.208. The van der Waals surface area contributed by atoms with Crippen molar-refractivity contribution < 1.29 is 14.3 Å². The van der Waals surface area contributed by atoms with Gasteiger partial charge in [-0.15, -0.1) is 0 Å². The van der Waals surface area contributed by atoms with Crippen molar-refractivity contribution in [3.8, 4) is 0 Å². The summed E-state index contributed by atoms with van der Waals surface area (Å²) in [5, 5.41) is 3.19. The highest BCUT2D eigenvalue weighted by molar-refractivity contribution is 5.64.